The Kier molecular flexibility index (Phi) is 6.71. The molecule has 144 valence electrons. The molecule has 1 amide bonds. The van der Waals surface area contributed by atoms with E-state index in [1.54, 1.807) is 0 Å². The van der Waals surface area contributed by atoms with E-state index in [2.05, 4.69) is 5.32 Å². The van der Waals surface area contributed by atoms with Gasteiger partial charge < -0.3 is 19.7 Å². The van der Waals surface area contributed by atoms with E-state index in [9.17, 15) is 4.79 Å². The number of rotatable bonds is 7. The summed E-state index contributed by atoms with van der Waals surface area (Å²) in [6, 6.07) is 15.0. The Morgan fingerprint density at radius 2 is 1.81 bits per heavy atom. The molecule has 2 aromatic rings. The first kappa shape index (κ1) is 19.2. The Morgan fingerprint density at radius 1 is 1.11 bits per heavy atom. The first-order valence-corrected chi connectivity index (χ1v) is 9.65. The number of hydrogen-bond acceptors (Lipinski definition) is 4. The molecule has 1 saturated heterocycles. The van der Waals surface area contributed by atoms with Crippen molar-refractivity contribution in [3.8, 4) is 17.2 Å². The fourth-order valence-electron chi connectivity index (χ4n) is 3.54. The highest BCUT2D eigenvalue weighted by Gasteiger charge is 2.26. The minimum atomic E-state index is 0.0281. The topological polar surface area (TPSA) is 50.8 Å². The number of para-hydroxylation sites is 3. The standard InChI is InChI=1S/C22H28N2O3/c1-3-26-20-12-6-7-13-21(20)27-19-11-5-4-10-18(19)22(25)24-14-8-9-17(16-24)15-23-2/h4-7,10-13,17,23H,3,8-9,14-16H2,1-2H3/t17-/m0/s1. The minimum Gasteiger partial charge on any atom is -0.490 e. The van der Waals surface area contributed by atoms with Crippen LogP contribution in [-0.4, -0.2) is 44.1 Å². The second-order valence-corrected chi connectivity index (χ2v) is 6.80. The van der Waals surface area contributed by atoms with Crippen LogP contribution in [0.25, 0.3) is 0 Å². The number of nitrogens with zero attached hydrogens (tertiary/aromatic N) is 1. The van der Waals surface area contributed by atoms with Gasteiger partial charge in [0.25, 0.3) is 5.91 Å². The van der Waals surface area contributed by atoms with Gasteiger partial charge in [0.05, 0.1) is 12.2 Å². The molecule has 0 aliphatic carbocycles. The third-order valence-corrected chi connectivity index (χ3v) is 4.79. The van der Waals surface area contributed by atoms with Crippen molar-refractivity contribution in [3.63, 3.8) is 0 Å². The van der Waals surface area contributed by atoms with Gasteiger partial charge in [-0.3, -0.25) is 4.79 Å². The largest absolute Gasteiger partial charge is 0.490 e. The van der Waals surface area contributed by atoms with Crippen LogP contribution in [-0.2, 0) is 0 Å². The van der Waals surface area contributed by atoms with Crippen molar-refractivity contribution in [2.75, 3.05) is 33.3 Å². The van der Waals surface area contributed by atoms with Gasteiger partial charge in [0, 0.05) is 13.1 Å². The van der Waals surface area contributed by atoms with E-state index in [4.69, 9.17) is 9.47 Å². The number of hydrogen-bond donors (Lipinski definition) is 1. The summed E-state index contributed by atoms with van der Waals surface area (Å²) in [7, 11) is 1.96. The zero-order valence-electron chi connectivity index (χ0n) is 16.1. The van der Waals surface area contributed by atoms with E-state index in [1.165, 1.54) is 0 Å². The normalized spacial score (nSPS) is 16.8. The summed E-state index contributed by atoms with van der Waals surface area (Å²) >= 11 is 0. The van der Waals surface area contributed by atoms with Gasteiger partial charge in [-0.2, -0.15) is 0 Å². The van der Waals surface area contributed by atoms with E-state index in [0.29, 0.717) is 35.3 Å². The second kappa shape index (κ2) is 9.42. The lowest BCUT2D eigenvalue weighted by Gasteiger charge is -2.33. The number of ether oxygens (including phenoxy) is 2. The number of carbonyl (C=O) groups excluding carboxylic acids is 1. The molecule has 5 nitrogen and oxygen atoms in total. The second-order valence-electron chi connectivity index (χ2n) is 6.80. The molecule has 0 saturated carbocycles. The van der Waals surface area contributed by atoms with E-state index >= 15 is 0 Å². The zero-order valence-corrected chi connectivity index (χ0v) is 16.1. The van der Waals surface area contributed by atoms with Crippen molar-refractivity contribution in [2.45, 2.75) is 19.8 Å². The molecule has 0 aromatic heterocycles. The van der Waals surface area contributed by atoms with Crippen molar-refractivity contribution in [3.05, 3.63) is 54.1 Å². The van der Waals surface area contributed by atoms with Gasteiger partial charge in [-0.05, 0) is 63.5 Å². The van der Waals surface area contributed by atoms with Crippen LogP contribution in [0, 0.1) is 5.92 Å². The summed E-state index contributed by atoms with van der Waals surface area (Å²) in [6.07, 6.45) is 2.19. The van der Waals surface area contributed by atoms with Gasteiger partial charge in [0.15, 0.2) is 11.5 Å². The van der Waals surface area contributed by atoms with Crippen LogP contribution in [0.2, 0.25) is 0 Å². The van der Waals surface area contributed by atoms with Crippen LogP contribution in [0.3, 0.4) is 0 Å². The van der Waals surface area contributed by atoms with Crippen LogP contribution < -0.4 is 14.8 Å². The summed E-state index contributed by atoms with van der Waals surface area (Å²) in [4.78, 5) is 15.1. The molecular formula is C22H28N2O3. The van der Waals surface area contributed by atoms with E-state index in [0.717, 1.165) is 32.5 Å². The average Bonchev–Trinajstić information content (AvgIpc) is 2.70. The van der Waals surface area contributed by atoms with Crippen LogP contribution in [0.15, 0.2) is 48.5 Å². The van der Waals surface area contributed by atoms with Crippen LogP contribution in [0.4, 0.5) is 0 Å². The molecule has 5 heteroatoms. The highest BCUT2D eigenvalue weighted by molar-refractivity contribution is 5.97. The van der Waals surface area contributed by atoms with Crippen LogP contribution in [0.5, 0.6) is 17.2 Å². The van der Waals surface area contributed by atoms with Gasteiger partial charge in [-0.25, -0.2) is 0 Å². The van der Waals surface area contributed by atoms with Gasteiger partial charge in [0.2, 0.25) is 0 Å². The number of piperidine rings is 1. The molecule has 1 atom stereocenters. The Hall–Kier alpha value is -2.53. The van der Waals surface area contributed by atoms with Crippen molar-refractivity contribution >= 4 is 5.91 Å². The summed E-state index contributed by atoms with van der Waals surface area (Å²) < 4.78 is 11.7. The van der Waals surface area contributed by atoms with Crippen molar-refractivity contribution in [1.82, 2.24) is 10.2 Å². The summed E-state index contributed by atoms with van der Waals surface area (Å²) in [5.41, 5.74) is 0.592. The maximum absolute atomic E-state index is 13.2. The van der Waals surface area contributed by atoms with Crippen molar-refractivity contribution < 1.29 is 14.3 Å². The number of nitrogens with one attached hydrogen (secondary N) is 1. The smallest absolute Gasteiger partial charge is 0.257 e. The molecule has 0 unspecified atom stereocenters. The van der Waals surface area contributed by atoms with E-state index in [-0.39, 0.29) is 5.91 Å². The van der Waals surface area contributed by atoms with Crippen LogP contribution in [0.1, 0.15) is 30.1 Å². The lowest BCUT2D eigenvalue weighted by atomic mass is 9.97. The van der Waals surface area contributed by atoms with Gasteiger partial charge >= 0.3 is 0 Å². The summed E-state index contributed by atoms with van der Waals surface area (Å²) in [6.45, 7) is 5.00. The van der Waals surface area contributed by atoms with E-state index < -0.39 is 0 Å². The quantitative estimate of drug-likeness (QED) is 0.804. The third kappa shape index (κ3) is 4.80. The molecule has 1 heterocycles. The molecule has 27 heavy (non-hydrogen) atoms. The minimum absolute atomic E-state index is 0.0281. The Morgan fingerprint density at radius 3 is 2.56 bits per heavy atom. The molecule has 0 bridgehead atoms. The van der Waals surface area contributed by atoms with Crippen LogP contribution >= 0.6 is 0 Å². The van der Waals surface area contributed by atoms with Crippen molar-refractivity contribution in [1.29, 1.82) is 0 Å². The number of benzene rings is 2. The lowest BCUT2D eigenvalue weighted by Crippen LogP contribution is -2.42. The van der Waals surface area contributed by atoms with Gasteiger partial charge in [-0.1, -0.05) is 24.3 Å². The monoisotopic (exact) mass is 368 g/mol. The highest BCUT2D eigenvalue weighted by atomic mass is 16.5. The molecule has 1 aliphatic rings. The predicted molar refractivity (Wildman–Crippen MR) is 107 cm³/mol. The number of carbonyl (C=O) groups is 1. The Bertz CT molecular complexity index is 761. The molecule has 2 aromatic carbocycles. The SMILES string of the molecule is CCOc1ccccc1Oc1ccccc1C(=O)N1CCC[C@@H](CNC)C1. The maximum atomic E-state index is 13.2. The summed E-state index contributed by atoms with van der Waals surface area (Å²) in [5, 5.41) is 3.22. The Balaban J connectivity index is 1.81. The number of amides is 1. The zero-order chi connectivity index (χ0) is 19.1. The van der Waals surface area contributed by atoms with Gasteiger partial charge in [-0.15, -0.1) is 0 Å². The number of likely N-dealkylation sites (tertiary alicyclic amines) is 1. The Labute approximate surface area is 161 Å². The molecule has 1 N–H and O–H groups in total. The highest BCUT2D eigenvalue weighted by Crippen LogP contribution is 2.33. The first-order chi connectivity index (χ1) is 13.2. The third-order valence-electron chi connectivity index (χ3n) is 4.79. The average molecular weight is 368 g/mol. The van der Waals surface area contributed by atoms with Crippen molar-refractivity contribution in [2.24, 2.45) is 5.92 Å². The molecule has 0 radical (unpaired) electrons. The van der Waals surface area contributed by atoms with E-state index in [1.807, 2.05) is 67.4 Å². The molecular weight excluding hydrogens is 340 g/mol. The fraction of sp³-hybridized carbons (Fsp3) is 0.409. The molecule has 1 aliphatic heterocycles. The maximum Gasteiger partial charge on any atom is 0.257 e. The fourth-order valence-corrected chi connectivity index (χ4v) is 3.54. The molecule has 3 rings (SSSR count). The molecule has 0 spiro atoms. The summed E-state index contributed by atoms with van der Waals surface area (Å²) in [5.74, 6) is 2.38. The van der Waals surface area contributed by atoms with Gasteiger partial charge in [0.1, 0.15) is 5.75 Å². The first-order valence-electron chi connectivity index (χ1n) is 9.65. The lowest BCUT2D eigenvalue weighted by molar-refractivity contribution is 0.0671. The molecule has 1 fully saturated rings. The predicted octanol–water partition coefficient (Wildman–Crippen LogP) is 3.95.